The highest BCUT2D eigenvalue weighted by Gasteiger charge is 2.09. The Labute approximate surface area is 128 Å². The molecule has 0 unspecified atom stereocenters. The average Bonchev–Trinajstić information content (AvgIpc) is 2.54. The van der Waals surface area contributed by atoms with Crippen molar-refractivity contribution in [2.75, 3.05) is 14.2 Å². The summed E-state index contributed by atoms with van der Waals surface area (Å²) in [4.78, 5) is 12.1. The number of phenolic OH excluding ortho intramolecular Hbond substituents is 2. The molecule has 0 saturated heterocycles. The van der Waals surface area contributed by atoms with E-state index in [1.165, 1.54) is 38.5 Å². The molecule has 114 valence electrons. The summed E-state index contributed by atoms with van der Waals surface area (Å²) in [6.07, 6.45) is 2.97. The molecule has 0 radical (unpaired) electrons. The number of phenols is 2. The molecule has 0 atom stereocenters. The average molecular weight is 300 g/mol. The molecule has 2 aromatic rings. The molecule has 0 spiro atoms. The molecule has 0 heterocycles. The van der Waals surface area contributed by atoms with E-state index in [4.69, 9.17) is 9.47 Å². The van der Waals surface area contributed by atoms with Crippen LogP contribution in [0.5, 0.6) is 23.0 Å². The van der Waals surface area contributed by atoms with Gasteiger partial charge >= 0.3 is 0 Å². The van der Waals surface area contributed by atoms with E-state index >= 15 is 0 Å². The lowest BCUT2D eigenvalue weighted by Crippen LogP contribution is -1.95. The highest BCUT2D eigenvalue weighted by molar-refractivity contribution is 6.07. The van der Waals surface area contributed by atoms with Gasteiger partial charge in [0.25, 0.3) is 0 Å². The number of allylic oxidation sites excluding steroid dienone is 1. The van der Waals surface area contributed by atoms with Crippen molar-refractivity contribution in [3.05, 3.63) is 53.6 Å². The first-order chi connectivity index (χ1) is 10.6. The van der Waals surface area contributed by atoms with E-state index < -0.39 is 0 Å². The van der Waals surface area contributed by atoms with Crippen LogP contribution in [0, 0.1) is 0 Å². The molecule has 0 bridgehead atoms. The molecule has 5 nitrogen and oxygen atoms in total. The lowest BCUT2D eigenvalue weighted by molar-refractivity contribution is 0.104. The number of ketones is 1. The molecular weight excluding hydrogens is 284 g/mol. The molecule has 0 saturated carbocycles. The Balaban J connectivity index is 2.28. The van der Waals surface area contributed by atoms with Gasteiger partial charge in [0.2, 0.25) is 0 Å². The number of carbonyl (C=O) groups is 1. The number of hydrogen-bond donors (Lipinski definition) is 2. The van der Waals surface area contributed by atoms with Crippen LogP contribution in [-0.2, 0) is 0 Å². The summed E-state index contributed by atoms with van der Waals surface area (Å²) in [7, 11) is 3.06. The van der Waals surface area contributed by atoms with Crippen LogP contribution in [0.1, 0.15) is 15.9 Å². The number of aromatic hydroxyl groups is 2. The fraction of sp³-hybridized carbons (Fsp3) is 0.118. The van der Waals surface area contributed by atoms with Crippen LogP contribution >= 0.6 is 0 Å². The first-order valence-electron chi connectivity index (χ1n) is 6.52. The predicted molar refractivity (Wildman–Crippen MR) is 82.7 cm³/mol. The van der Waals surface area contributed by atoms with Crippen LogP contribution in [0.3, 0.4) is 0 Å². The fourth-order valence-corrected chi connectivity index (χ4v) is 1.98. The maximum absolute atomic E-state index is 12.1. The second kappa shape index (κ2) is 6.67. The van der Waals surface area contributed by atoms with E-state index in [1.807, 2.05) is 0 Å². The van der Waals surface area contributed by atoms with Crippen LogP contribution in [0.25, 0.3) is 6.08 Å². The molecule has 0 aliphatic carbocycles. The predicted octanol–water partition coefficient (Wildman–Crippen LogP) is 3.01. The summed E-state index contributed by atoms with van der Waals surface area (Å²) in [6.45, 7) is 0. The molecule has 5 heteroatoms. The van der Waals surface area contributed by atoms with E-state index in [0.717, 1.165) is 0 Å². The number of rotatable bonds is 5. The second-order valence-corrected chi connectivity index (χ2v) is 4.48. The monoisotopic (exact) mass is 300 g/mol. The molecule has 2 N–H and O–H groups in total. The van der Waals surface area contributed by atoms with Crippen molar-refractivity contribution in [3.8, 4) is 23.0 Å². The zero-order valence-electron chi connectivity index (χ0n) is 12.2. The summed E-state index contributed by atoms with van der Waals surface area (Å²) in [5.41, 5.74) is 0.964. The van der Waals surface area contributed by atoms with Gasteiger partial charge in [-0.25, -0.2) is 0 Å². The van der Waals surface area contributed by atoms with E-state index in [1.54, 1.807) is 24.3 Å². The Morgan fingerprint density at radius 2 is 1.82 bits per heavy atom. The third kappa shape index (κ3) is 3.20. The highest BCUT2D eigenvalue weighted by Crippen LogP contribution is 2.31. The quantitative estimate of drug-likeness (QED) is 0.504. The van der Waals surface area contributed by atoms with E-state index in [9.17, 15) is 15.0 Å². The lowest BCUT2D eigenvalue weighted by Gasteiger charge is -2.09. The summed E-state index contributed by atoms with van der Waals surface area (Å²) in [6, 6.07) is 9.26. The third-order valence-electron chi connectivity index (χ3n) is 3.11. The number of carbonyl (C=O) groups excluding carboxylic acids is 1. The van der Waals surface area contributed by atoms with Crippen LogP contribution < -0.4 is 9.47 Å². The van der Waals surface area contributed by atoms with Gasteiger partial charge in [-0.2, -0.15) is 0 Å². The number of hydrogen-bond acceptors (Lipinski definition) is 5. The smallest absolute Gasteiger partial charge is 0.185 e. The van der Waals surface area contributed by atoms with Gasteiger partial charge in [-0.05, 0) is 36.4 Å². The minimum absolute atomic E-state index is 0.269. The van der Waals surface area contributed by atoms with Gasteiger partial charge in [-0.15, -0.1) is 0 Å². The molecule has 2 rings (SSSR count). The van der Waals surface area contributed by atoms with Crippen molar-refractivity contribution in [2.24, 2.45) is 0 Å². The molecule has 0 aliphatic heterocycles. The van der Waals surface area contributed by atoms with Gasteiger partial charge in [-0.1, -0.05) is 12.1 Å². The third-order valence-corrected chi connectivity index (χ3v) is 3.11. The molecule has 22 heavy (non-hydrogen) atoms. The highest BCUT2D eigenvalue weighted by atomic mass is 16.5. The molecule has 2 aromatic carbocycles. The first-order valence-corrected chi connectivity index (χ1v) is 6.52. The molecule has 0 aliphatic rings. The van der Waals surface area contributed by atoms with Gasteiger partial charge in [-0.3, -0.25) is 4.79 Å². The van der Waals surface area contributed by atoms with Gasteiger partial charge in [0.1, 0.15) is 0 Å². The van der Waals surface area contributed by atoms with Crippen molar-refractivity contribution < 1.29 is 24.5 Å². The van der Waals surface area contributed by atoms with Crippen molar-refractivity contribution in [3.63, 3.8) is 0 Å². The standard InChI is InChI=1S/C17H16O5/c1-21-16-5-3-4-11(17(16)22-2)6-8-13(18)12-7-9-14(19)15(20)10-12/h3-10,19-20H,1-2H3/b8-6+. The van der Waals surface area contributed by atoms with E-state index in [2.05, 4.69) is 0 Å². The summed E-state index contributed by atoms with van der Waals surface area (Å²) in [5, 5.41) is 18.7. The SMILES string of the molecule is COc1cccc(/C=C/C(=O)c2ccc(O)c(O)c2)c1OC. The maximum atomic E-state index is 12.1. The molecular formula is C17H16O5. The number of benzene rings is 2. The normalized spacial score (nSPS) is 10.6. The van der Waals surface area contributed by atoms with Crippen LogP contribution in [0.2, 0.25) is 0 Å². The first kappa shape index (κ1) is 15.4. The van der Waals surface area contributed by atoms with Crippen molar-refractivity contribution in [2.45, 2.75) is 0 Å². The minimum Gasteiger partial charge on any atom is -0.504 e. The van der Waals surface area contributed by atoms with E-state index in [0.29, 0.717) is 17.1 Å². The van der Waals surface area contributed by atoms with Crippen LogP contribution in [0.15, 0.2) is 42.5 Å². The van der Waals surface area contributed by atoms with Gasteiger partial charge < -0.3 is 19.7 Å². The fourth-order valence-electron chi connectivity index (χ4n) is 1.98. The largest absolute Gasteiger partial charge is 0.504 e. The summed E-state index contributed by atoms with van der Waals surface area (Å²) in [5.74, 6) is 0.190. The van der Waals surface area contributed by atoms with Gasteiger partial charge in [0, 0.05) is 11.1 Å². The number of ether oxygens (including phenoxy) is 2. The summed E-state index contributed by atoms with van der Waals surface area (Å²) < 4.78 is 10.5. The molecule has 0 fully saturated rings. The zero-order chi connectivity index (χ0) is 16.1. The zero-order valence-corrected chi connectivity index (χ0v) is 12.2. The Hall–Kier alpha value is -2.95. The molecule has 0 amide bonds. The summed E-state index contributed by atoms with van der Waals surface area (Å²) >= 11 is 0. The lowest BCUT2D eigenvalue weighted by atomic mass is 10.1. The van der Waals surface area contributed by atoms with Crippen molar-refractivity contribution in [1.29, 1.82) is 0 Å². The number of methoxy groups -OCH3 is 2. The number of para-hydroxylation sites is 1. The Kier molecular flexibility index (Phi) is 4.68. The minimum atomic E-state index is -0.335. The van der Waals surface area contributed by atoms with Crippen LogP contribution in [-0.4, -0.2) is 30.2 Å². The van der Waals surface area contributed by atoms with Crippen LogP contribution in [0.4, 0.5) is 0 Å². The second-order valence-electron chi connectivity index (χ2n) is 4.48. The molecule has 0 aromatic heterocycles. The Morgan fingerprint density at radius 3 is 2.45 bits per heavy atom. The maximum Gasteiger partial charge on any atom is 0.185 e. The van der Waals surface area contributed by atoms with Crippen molar-refractivity contribution in [1.82, 2.24) is 0 Å². The van der Waals surface area contributed by atoms with Crippen molar-refractivity contribution >= 4 is 11.9 Å². The Morgan fingerprint density at radius 1 is 1.05 bits per heavy atom. The van der Waals surface area contributed by atoms with Gasteiger partial charge in [0.05, 0.1) is 14.2 Å². The van der Waals surface area contributed by atoms with E-state index in [-0.39, 0.29) is 22.8 Å². The Bertz CT molecular complexity index is 719. The van der Waals surface area contributed by atoms with Gasteiger partial charge in [0.15, 0.2) is 28.8 Å². The topological polar surface area (TPSA) is 76.0 Å².